The van der Waals surface area contributed by atoms with Gasteiger partial charge in [0.1, 0.15) is 0 Å². The molecule has 1 unspecified atom stereocenters. The molecule has 0 aliphatic carbocycles. The number of carbonyl (C=O) groups excluding carboxylic acids is 1. The van der Waals surface area contributed by atoms with Crippen molar-refractivity contribution in [3.05, 3.63) is 16.4 Å². The molecule has 0 aliphatic rings. The number of primary amides is 1. The molecule has 1 atom stereocenters. The van der Waals surface area contributed by atoms with Crippen molar-refractivity contribution in [3.63, 3.8) is 0 Å². The Balaban J connectivity index is 2.76. The Labute approximate surface area is 119 Å². The van der Waals surface area contributed by atoms with Crippen molar-refractivity contribution in [2.75, 3.05) is 6.54 Å². The first-order valence-corrected chi connectivity index (χ1v) is 6.94. The summed E-state index contributed by atoms with van der Waals surface area (Å²) in [5.41, 5.74) is 6.50. The summed E-state index contributed by atoms with van der Waals surface area (Å²) in [5, 5.41) is 8.25. The maximum absolute atomic E-state index is 11.6. The van der Waals surface area contributed by atoms with Gasteiger partial charge in [-0.3, -0.25) is 9.48 Å². The number of amides is 1. The number of rotatable bonds is 7. The van der Waals surface area contributed by atoms with Crippen LogP contribution in [-0.4, -0.2) is 27.8 Å². The lowest BCUT2D eigenvalue weighted by atomic mass is 9.96. The zero-order chi connectivity index (χ0) is 14.6. The highest BCUT2D eigenvalue weighted by Gasteiger charge is 2.30. The highest BCUT2D eigenvalue weighted by molar-refractivity contribution is 6.31. The summed E-state index contributed by atoms with van der Waals surface area (Å²) in [4.78, 5) is 11.6. The third kappa shape index (κ3) is 3.70. The van der Waals surface area contributed by atoms with Gasteiger partial charge in [-0.25, -0.2) is 0 Å². The quantitative estimate of drug-likeness (QED) is 0.802. The average molecular weight is 287 g/mol. The summed E-state index contributed by atoms with van der Waals surface area (Å²) in [6.45, 7) is 9.04. The second kappa shape index (κ2) is 6.39. The van der Waals surface area contributed by atoms with Gasteiger partial charge in [0.2, 0.25) is 5.91 Å². The van der Waals surface area contributed by atoms with Gasteiger partial charge in [0.15, 0.2) is 0 Å². The molecule has 6 heteroatoms. The molecule has 1 aromatic heterocycles. The lowest BCUT2D eigenvalue weighted by Crippen LogP contribution is -2.53. The molecule has 0 radical (unpaired) electrons. The van der Waals surface area contributed by atoms with E-state index in [0.717, 1.165) is 24.4 Å². The molecule has 0 bridgehead atoms. The minimum Gasteiger partial charge on any atom is -0.368 e. The van der Waals surface area contributed by atoms with Gasteiger partial charge in [-0.2, -0.15) is 5.10 Å². The molecular formula is C13H23ClN4O. The van der Waals surface area contributed by atoms with Crippen molar-refractivity contribution >= 4 is 17.5 Å². The largest absolute Gasteiger partial charge is 0.368 e. The summed E-state index contributed by atoms with van der Waals surface area (Å²) < 4.78 is 1.83. The molecule has 3 N–H and O–H groups in total. The summed E-state index contributed by atoms with van der Waals surface area (Å²) in [6, 6.07) is 0. The first-order valence-electron chi connectivity index (χ1n) is 6.56. The first kappa shape index (κ1) is 16.0. The minimum absolute atomic E-state index is 0.339. The van der Waals surface area contributed by atoms with Gasteiger partial charge in [-0.05, 0) is 40.2 Å². The minimum atomic E-state index is -0.714. The third-order valence-electron chi connectivity index (χ3n) is 3.43. The molecule has 0 saturated heterocycles. The number of nitrogens with zero attached hydrogens (tertiary/aromatic N) is 2. The highest BCUT2D eigenvalue weighted by Crippen LogP contribution is 2.20. The van der Waals surface area contributed by atoms with Gasteiger partial charge in [-0.1, -0.05) is 18.5 Å². The van der Waals surface area contributed by atoms with E-state index in [1.165, 1.54) is 0 Å². The second-order valence-corrected chi connectivity index (χ2v) is 5.46. The normalized spacial score (nSPS) is 14.4. The first-order chi connectivity index (χ1) is 8.81. The van der Waals surface area contributed by atoms with E-state index < -0.39 is 5.54 Å². The summed E-state index contributed by atoms with van der Waals surface area (Å²) in [6.07, 6.45) is 1.54. The van der Waals surface area contributed by atoms with Crippen LogP contribution in [0.2, 0.25) is 5.02 Å². The van der Waals surface area contributed by atoms with E-state index in [-0.39, 0.29) is 5.91 Å². The number of hydrogen-bond acceptors (Lipinski definition) is 3. The molecule has 1 amide bonds. The SMILES string of the molecule is CCCNC(C)(CCn1nc(C)c(Cl)c1C)C(N)=O. The predicted octanol–water partition coefficient (Wildman–Crippen LogP) is 1.79. The molecule has 1 aromatic rings. The molecule has 1 heterocycles. The third-order valence-corrected chi connectivity index (χ3v) is 3.97. The fourth-order valence-electron chi connectivity index (χ4n) is 1.92. The van der Waals surface area contributed by atoms with E-state index in [0.29, 0.717) is 18.0 Å². The topological polar surface area (TPSA) is 72.9 Å². The lowest BCUT2D eigenvalue weighted by Gasteiger charge is -2.27. The van der Waals surface area contributed by atoms with E-state index in [1.807, 2.05) is 25.5 Å². The monoisotopic (exact) mass is 286 g/mol. The molecule has 19 heavy (non-hydrogen) atoms. The standard InChI is InChI=1S/C13H23ClN4O/c1-5-7-16-13(4,12(15)19)6-8-18-10(3)11(14)9(2)17-18/h16H,5-8H2,1-4H3,(H2,15,19). The zero-order valence-corrected chi connectivity index (χ0v) is 12.8. The predicted molar refractivity (Wildman–Crippen MR) is 77.2 cm³/mol. The summed E-state index contributed by atoms with van der Waals surface area (Å²) in [7, 11) is 0. The van der Waals surface area contributed by atoms with Crippen molar-refractivity contribution in [2.45, 2.75) is 52.6 Å². The number of hydrogen-bond donors (Lipinski definition) is 2. The molecule has 1 rings (SSSR count). The Kier molecular flexibility index (Phi) is 5.38. The molecule has 5 nitrogen and oxygen atoms in total. The zero-order valence-electron chi connectivity index (χ0n) is 12.1. The maximum Gasteiger partial charge on any atom is 0.237 e. The molecule has 0 aliphatic heterocycles. The number of carbonyl (C=O) groups is 1. The van der Waals surface area contributed by atoms with Crippen molar-refractivity contribution < 1.29 is 4.79 Å². The van der Waals surface area contributed by atoms with Crippen LogP contribution in [-0.2, 0) is 11.3 Å². The lowest BCUT2D eigenvalue weighted by molar-refractivity contribution is -0.124. The van der Waals surface area contributed by atoms with Crippen LogP contribution in [0.5, 0.6) is 0 Å². The Bertz CT molecular complexity index is 458. The Morgan fingerprint density at radius 2 is 2.16 bits per heavy atom. The average Bonchev–Trinajstić information content (AvgIpc) is 2.61. The van der Waals surface area contributed by atoms with Crippen LogP contribution in [0.1, 0.15) is 38.1 Å². The van der Waals surface area contributed by atoms with Crippen molar-refractivity contribution in [1.82, 2.24) is 15.1 Å². The summed E-state index contributed by atoms with van der Waals surface area (Å²) >= 11 is 6.10. The summed E-state index contributed by atoms with van der Waals surface area (Å²) in [5.74, 6) is -0.339. The van der Waals surface area contributed by atoms with Gasteiger partial charge in [-0.15, -0.1) is 0 Å². The van der Waals surface area contributed by atoms with E-state index in [2.05, 4.69) is 17.3 Å². The number of aromatic nitrogens is 2. The van der Waals surface area contributed by atoms with Crippen LogP contribution in [0.3, 0.4) is 0 Å². The van der Waals surface area contributed by atoms with Gasteiger partial charge >= 0.3 is 0 Å². The van der Waals surface area contributed by atoms with E-state index in [4.69, 9.17) is 17.3 Å². The van der Waals surface area contributed by atoms with Crippen LogP contribution in [0, 0.1) is 13.8 Å². The molecule has 108 valence electrons. The maximum atomic E-state index is 11.6. The van der Waals surface area contributed by atoms with Crippen LogP contribution >= 0.6 is 11.6 Å². The van der Waals surface area contributed by atoms with Gasteiger partial charge < -0.3 is 11.1 Å². The number of halogens is 1. The van der Waals surface area contributed by atoms with Crippen LogP contribution in [0.15, 0.2) is 0 Å². The van der Waals surface area contributed by atoms with Gasteiger partial charge in [0.05, 0.1) is 21.9 Å². The van der Waals surface area contributed by atoms with Crippen LogP contribution < -0.4 is 11.1 Å². The van der Waals surface area contributed by atoms with Gasteiger partial charge in [0.25, 0.3) is 0 Å². The molecule has 0 aromatic carbocycles. The Morgan fingerprint density at radius 1 is 1.53 bits per heavy atom. The van der Waals surface area contributed by atoms with Crippen molar-refractivity contribution in [1.29, 1.82) is 0 Å². The van der Waals surface area contributed by atoms with E-state index in [1.54, 1.807) is 0 Å². The highest BCUT2D eigenvalue weighted by atomic mass is 35.5. The molecule has 0 fully saturated rings. The molecule has 0 spiro atoms. The van der Waals surface area contributed by atoms with Gasteiger partial charge in [0, 0.05) is 6.54 Å². The second-order valence-electron chi connectivity index (χ2n) is 5.08. The molecular weight excluding hydrogens is 264 g/mol. The number of nitrogens with two attached hydrogens (primary N) is 1. The number of aryl methyl sites for hydroxylation is 2. The smallest absolute Gasteiger partial charge is 0.237 e. The van der Waals surface area contributed by atoms with Crippen molar-refractivity contribution in [3.8, 4) is 0 Å². The fourth-order valence-corrected chi connectivity index (χ4v) is 2.06. The molecule has 0 saturated carbocycles. The Hall–Kier alpha value is -1.07. The van der Waals surface area contributed by atoms with Crippen LogP contribution in [0.25, 0.3) is 0 Å². The fraction of sp³-hybridized carbons (Fsp3) is 0.692. The Morgan fingerprint density at radius 3 is 2.58 bits per heavy atom. The number of nitrogens with one attached hydrogen (secondary N) is 1. The van der Waals surface area contributed by atoms with Crippen LogP contribution in [0.4, 0.5) is 0 Å². The van der Waals surface area contributed by atoms with E-state index in [9.17, 15) is 4.79 Å². The van der Waals surface area contributed by atoms with E-state index >= 15 is 0 Å². The van der Waals surface area contributed by atoms with Crippen molar-refractivity contribution in [2.24, 2.45) is 5.73 Å².